The molecule has 4 aromatic rings. The molecule has 6 heteroatoms. The van der Waals surface area contributed by atoms with Crippen molar-refractivity contribution in [3.05, 3.63) is 70.4 Å². The summed E-state index contributed by atoms with van der Waals surface area (Å²) in [5.74, 6) is -0.401. The summed E-state index contributed by atoms with van der Waals surface area (Å²) in [5.41, 5.74) is 15.7. The second-order valence-corrected chi connectivity index (χ2v) is 10.5. The van der Waals surface area contributed by atoms with E-state index in [0.717, 1.165) is 51.4 Å². The Bertz CT molecular complexity index is 1440. The molecule has 0 bridgehead atoms. The maximum absolute atomic E-state index is 11.9. The minimum absolute atomic E-state index is 0.401. The number of nitrogens with zero attached hydrogens (tertiary/aromatic N) is 3. The highest BCUT2D eigenvalue weighted by atomic mass is 16.1. The number of pyridine rings is 1. The molecule has 0 unspecified atom stereocenters. The monoisotopic (exact) mass is 479 g/mol. The quantitative estimate of drug-likeness (QED) is 0.386. The van der Waals surface area contributed by atoms with E-state index in [0.29, 0.717) is 5.56 Å². The molecule has 3 heterocycles. The summed E-state index contributed by atoms with van der Waals surface area (Å²) in [6.07, 6.45) is 9.47. The van der Waals surface area contributed by atoms with E-state index in [1.165, 1.54) is 61.9 Å². The summed E-state index contributed by atoms with van der Waals surface area (Å²) in [6.45, 7) is 6.38. The van der Waals surface area contributed by atoms with Gasteiger partial charge in [0.15, 0.2) is 5.65 Å². The molecule has 6 rings (SSSR count). The van der Waals surface area contributed by atoms with E-state index in [9.17, 15) is 4.79 Å². The Kier molecular flexibility index (Phi) is 5.84. The van der Waals surface area contributed by atoms with E-state index < -0.39 is 5.91 Å². The van der Waals surface area contributed by atoms with E-state index in [2.05, 4.69) is 39.4 Å². The highest BCUT2D eigenvalue weighted by Gasteiger charge is 2.24. The largest absolute Gasteiger partial charge is 0.366 e. The van der Waals surface area contributed by atoms with E-state index >= 15 is 0 Å². The Morgan fingerprint density at radius 2 is 1.67 bits per heavy atom. The topological polar surface area (TPSA) is 87.9 Å². The SMILES string of the molecule is Cc1cc(-c2n[nH]c3ncc(-c4ccc5c(c4)CC[C@@H](N4CCCC4)CC5)cc23)cc(C)c1C(N)=O. The van der Waals surface area contributed by atoms with Gasteiger partial charge in [-0.3, -0.25) is 9.89 Å². The van der Waals surface area contributed by atoms with Crippen molar-refractivity contribution in [1.82, 2.24) is 20.1 Å². The molecule has 0 spiro atoms. The standard InChI is InChI=1S/C30H33N5O/c1-18-13-23(14-19(2)27(18)29(31)36)28-26-16-24(17-32-30(26)34-33-28)22-6-5-20-7-9-25(10-8-21(20)15-22)35-11-3-4-12-35/h5-6,13-17,25H,3-4,7-12H2,1-2H3,(H2,31,36)(H,32,33,34)/t25-/m0/s1. The third kappa shape index (κ3) is 4.09. The average molecular weight is 480 g/mol. The molecule has 1 saturated heterocycles. The van der Waals surface area contributed by atoms with Crippen LogP contribution in [0.4, 0.5) is 0 Å². The average Bonchev–Trinajstić information content (AvgIpc) is 3.49. The summed E-state index contributed by atoms with van der Waals surface area (Å²) >= 11 is 0. The van der Waals surface area contributed by atoms with Crippen LogP contribution in [0.25, 0.3) is 33.4 Å². The minimum Gasteiger partial charge on any atom is -0.366 e. The first kappa shape index (κ1) is 22.9. The second kappa shape index (κ2) is 9.17. The highest BCUT2D eigenvalue weighted by molar-refractivity contribution is 5.98. The smallest absolute Gasteiger partial charge is 0.249 e. The number of amides is 1. The molecule has 6 nitrogen and oxygen atoms in total. The third-order valence-corrected chi connectivity index (χ3v) is 8.16. The molecule has 2 aromatic carbocycles. The van der Waals surface area contributed by atoms with E-state index in [-0.39, 0.29) is 0 Å². The zero-order valence-corrected chi connectivity index (χ0v) is 21.1. The Balaban J connectivity index is 1.33. The molecule has 1 amide bonds. The second-order valence-electron chi connectivity index (χ2n) is 10.5. The van der Waals surface area contributed by atoms with Gasteiger partial charge in [-0.2, -0.15) is 5.10 Å². The number of rotatable bonds is 4. The number of nitrogens with one attached hydrogen (secondary N) is 1. The number of carbonyl (C=O) groups is 1. The van der Waals surface area contributed by atoms with Gasteiger partial charge in [0.25, 0.3) is 0 Å². The minimum atomic E-state index is -0.401. The number of fused-ring (bicyclic) bond motifs is 2. The molecule has 0 saturated carbocycles. The maximum atomic E-state index is 11.9. The molecule has 1 fully saturated rings. The molecule has 1 aliphatic heterocycles. The Morgan fingerprint density at radius 3 is 2.39 bits per heavy atom. The van der Waals surface area contributed by atoms with Crippen molar-refractivity contribution in [2.24, 2.45) is 5.73 Å². The number of aromatic amines is 1. The lowest BCUT2D eigenvalue weighted by Crippen LogP contribution is -2.32. The van der Waals surface area contributed by atoms with Gasteiger partial charge in [0.2, 0.25) is 5.91 Å². The normalized spacial score (nSPS) is 18.3. The molecule has 1 atom stereocenters. The number of aromatic nitrogens is 3. The van der Waals surface area contributed by atoms with Gasteiger partial charge < -0.3 is 10.6 Å². The van der Waals surface area contributed by atoms with Crippen LogP contribution >= 0.6 is 0 Å². The van der Waals surface area contributed by atoms with Crippen molar-refractivity contribution < 1.29 is 4.79 Å². The Morgan fingerprint density at radius 1 is 0.944 bits per heavy atom. The molecule has 0 radical (unpaired) electrons. The van der Waals surface area contributed by atoms with Crippen LogP contribution in [-0.2, 0) is 12.8 Å². The fourth-order valence-corrected chi connectivity index (χ4v) is 6.31. The number of primary amides is 1. The summed E-state index contributed by atoms with van der Waals surface area (Å²) in [5, 5.41) is 8.63. The van der Waals surface area contributed by atoms with Crippen LogP contribution in [0, 0.1) is 13.8 Å². The molecule has 2 aliphatic rings. The van der Waals surface area contributed by atoms with Gasteiger partial charge in [-0.05, 0) is 111 Å². The Labute approximate surface area is 211 Å². The van der Waals surface area contributed by atoms with E-state index in [1.807, 2.05) is 32.2 Å². The van der Waals surface area contributed by atoms with Crippen LogP contribution < -0.4 is 5.73 Å². The first-order valence-electron chi connectivity index (χ1n) is 13.1. The number of nitrogens with two attached hydrogens (primary N) is 1. The lowest BCUT2D eigenvalue weighted by Gasteiger charge is -2.25. The number of carbonyl (C=O) groups excluding carboxylic acids is 1. The molecule has 2 aromatic heterocycles. The highest BCUT2D eigenvalue weighted by Crippen LogP contribution is 2.33. The van der Waals surface area contributed by atoms with Gasteiger partial charge in [-0.1, -0.05) is 18.2 Å². The van der Waals surface area contributed by atoms with Crippen LogP contribution in [0.3, 0.4) is 0 Å². The number of likely N-dealkylation sites (tertiary alicyclic amines) is 1. The number of H-pyrrole nitrogens is 1. The molecular formula is C30H33N5O. The van der Waals surface area contributed by atoms with E-state index in [4.69, 9.17) is 10.7 Å². The first-order chi connectivity index (χ1) is 17.5. The molecule has 184 valence electrons. The molecule has 1 aliphatic carbocycles. The van der Waals surface area contributed by atoms with Crippen LogP contribution in [-0.4, -0.2) is 45.1 Å². The van der Waals surface area contributed by atoms with Crippen molar-refractivity contribution in [3.63, 3.8) is 0 Å². The number of aryl methyl sites for hydroxylation is 4. The Hall–Kier alpha value is -3.51. The van der Waals surface area contributed by atoms with Gasteiger partial charge in [0.1, 0.15) is 5.69 Å². The van der Waals surface area contributed by atoms with Gasteiger partial charge in [0.05, 0.1) is 0 Å². The van der Waals surface area contributed by atoms with Gasteiger partial charge in [-0.15, -0.1) is 0 Å². The number of benzene rings is 2. The fourth-order valence-electron chi connectivity index (χ4n) is 6.31. The predicted octanol–water partition coefficient (Wildman–Crippen LogP) is 5.35. The fraction of sp³-hybridized carbons (Fsp3) is 0.367. The number of hydrogen-bond donors (Lipinski definition) is 2. The van der Waals surface area contributed by atoms with Gasteiger partial charge in [0, 0.05) is 34.3 Å². The molecular weight excluding hydrogens is 446 g/mol. The third-order valence-electron chi connectivity index (χ3n) is 8.16. The van der Waals surface area contributed by atoms with Gasteiger partial charge >= 0.3 is 0 Å². The first-order valence-corrected chi connectivity index (χ1v) is 13.1. The lowest BCUT2D eigenvalue weighted by atomic mass is 9.95. The van der Waals surface area contributed by atoms with Crippen LogP contribution in [0.2, 0.25) is 0 Å². The van der Waals surface area contributed by atoms with Crippen molar-refractivity contribution in [1.29, 1.82) is 0 Å². The zero-order chi connectivity index (χ0) is 24.8. The predicted molar refractivity (Wildman–Crippen MR) is 144 cm³/mol. The van der Waals surface area contributed by atoms with Crippen molar-refractivity contribution in [2.45, 2.75) is 58.4 Å². The lowest BCUT2D eigenvalue weighted by molar-refractivity contribution is 0.0999. The summed E-state index contributed by atoms with van der Waals surface area (Å²) in [4.78, 5) is 19.3. The zero-order valence-electron chi connectivity index (χ0n) is 21.1. The molecule has 36 heavy (non-hydrogen) atoms. The van der Waals surface area contributed by atoms with Gasteiger partial charge in [-0.25, -0.2) is 4.98 Å². The van der Waals surface area contributed by atoms with Crippen LogP contribution in [0.5, 0.6) is 0 Å². The maximum Gasteiger partial charge on any atom is 0.249 e. The summed E-state index contributed by atoms with van der Waals surface area (Å²) in [7, 11) is 0. The van der Waals surface area contributed by atoms with Crippen molar-refractivity contribution in [2.75, 3.05) is 13.1 Å². The number of hydrogen-bond acceptors (Lipinski definition) is 4. The van der Waals surface area contributed by atoms with Crippen LogP contribution in [0.15, 0.2) is 42.6 Å². The van der Waals surface area contributed by atoms with Crippen LogP contribution in [0.1, 0.15) is 58.3 Å². The molecule has 3 N–H and O–H groups in total. The van der Waals surface area contributed by atoms with Crippen molar-refractivity contribution >= 4 is 16.9 Å². The summed E-state index contributed by atoms with van der Waals surface area (Å²) in [6, 6.07) is 13.8. The van der Waals surface area contributed by atoms with E-state index in [1.54, 1.807) is 0 Å². The van der Waals surface area contributed by atoms with Crippen molar-refractivity contribution in [3.8, 4) is 22.4 Å². The summed E-state index contributed by atoms with van der Waals surface area (Å²) < 4.78 is 0.